The highest BCUT2D eigenvalue weighted by Gasteiger charge is 2.16. The van der Waals surface area contributed by atoms with Crippen molar-refractivity contribution >= 4 is 5.91 Å². The van der Waals surface area contributed by atoms with Gasteiger partial charge in [0.15, 0.2) is 0 Å². The summed E-state index contributed by atoms with van der Waals surface area (Å²) in [7, 11) is 0. The normalized spacial score (nSPS) is 18.9. The van der Waals surface area contributed by atoms with Gasteiger partial charge in [0, 0.05) is 12.6 Å². The van der Waals surface area contributed by atoms with E-state index < -0.39 is 0 Å². The first-order valence-corrected chi connectivity index (χ1v) is 6.02. The van der Waals surface area contributed by atoms with Crippen molar-refractivity contribution in [2.24, 2.45) is 0 Å². The Morgan fingerprint density at radius 3 is 2.94 bits per heavy atom. The number of rotatable bonds is 5. The minimum absolute atomic E-state index is 0.0645. The lowest BCUT2D eigenvalue weighted by Gasteiger charge is -2.11. The fourth-order valence-corrected chi connectivity index (χ4v) is 1.86. The van der Waals surface area contributed by atoms with Crippen LogP contribution in [0.15, 0.2) is 30.3 Å². The van der Waals surface area contributed by atoms with Gasteiger partial charge in [-0.1, -0.05) is 18.2 Å². The lowest BCUT2D eigenvalue weighted by Crippen LogP contribution is -2.36. The minimum Gasteiger partial charge on any atom is -0.493 e. The summed E-state index contributed by atoms with van der Waals surface area (Å²) in [4.78, 5) is 11.6. The summed E-state index contributed by atoms with van der Waals surface area (Å²) in [5.41, 5.74) is 0. The molecule has 2 N–H and O–H groups in total. The molecule has 1 aromatic rings. The quantitative estimate of drug-likeness (QED) is 0.797. The topological polar surface area (TPSA) is 50.4 Å². The van der Waals surface area contributed by atoms with Gasteiger partial charge >= 0.3 is 0 Å². The van der Waals surface area contributed by atoms with Crippen molar-refractivity contribution in [2.75, 3.05) is 19.7 Å². The number of benzene rings is 1. The van der Waals surface area contributed by atoms with E-state index in [2.05, 4.69) is 10.6 Å². The Morgan fingerprint density at radius 1 is 1.41 bits per heavy atom. The second kappa shape index (κ2) is 6.25. The molecule has 1 atom stereocenters. The van der Waals surface area contributed by atoms with E-state index in [1.54, 1.807) is 0 Å². The number of hydrogen-bond acceptors (Lipinski definition) is 3. The maximum atomic E-state index is 11.6. The second-order valence-corrected chi connectivity index (χ2v) is 4.17. The predicted octanol–water partition coefficient (Wildman–Crippen LogP) is 0.934. The smallest absolute Gasteiger partial charge is 0.223 e. The van der Waals surface area contributed by atoms with E-state index in [0.29, 0.717) is 19.1 Å². The first-order chi connectivity index (χ1) is 8.34. The summed E-state index contributed by atoms with van der Waals surface area (Å²) in [6.07, 6.45) is 1.43. The number of para-hydroxylation sites is 1. The van der Waals surface area contributed by atoms with Crippen molar-refractivity contribution in [1.29, 1.82) is 0 Å². The predicted molar refractivity (Wildman–Crippen MR) is 66.0 cm³/mol. The summed E-state index contributed by atoms with van der Waals surface area (Å²) in [5, 5.41) is 6.20. The van der Waals surface area contributed by atoms with Crippen LogP contribution in [-0.4, -0.2) is 31.6 Å². The van der Waals surface area contributed by atoms with Crippen LogP contribution in [0.2, 0.25) is 0 Å². The number of hydrogen-bond donors (Lipinski definition) is 2. The summed E-state index contributed by atoms with van der Waals surface area (Å²) < 4.78 is 5.46. The first-order valence-electron chi connectivity index (χ1n) is 6.02. The maximum Gasteiger partial charge on any atom is 0.223 e. The Labute approximate surface area is 101 Å². The fraction of sp³-hybridized carbons (Fsp3) is 0.462. The molecule has 4 heteroatoms. The lowest BCUT2D eigenvalue weighted by atomic mass is 10.2. The maximum absolute atomic E-state index is 11.6. The molecule has 0 aliphatic carbocycles. The molecule has 1 saturated heterocycles. The van der Waals surface area contributed by atoms with E-state index in [1.807, 2.05) is 30.3 Å². The van der Waals surface area contributed by atoms with Gasteiger partial charge in [0.1, 0.15) is 5.75 Å². The molecule has 92 valence electrons. The molecule has 1 aromatic carbocycles. The molecule has 1 aliphatic rings. The lowest BCUT2D eigenvalue weighted by molar-refractivity contribution is -0.122. The average molecular weight is 234 g/mol. The largest absolute Gasteiger partial charge is 0.493 e. The van der Waals surface area contributed by atoms with Gasteiger partial charge in [0.2, 0.25) is 5.91 Å². The van der Waals surface area contributed by atoms with E-state index in [1.165, 1.54) is 0 Å². The molecule has 0 spiro atoms. The summed E-state index contributed by atoms with van der Waals surface area (Å²) >= 11 is 0. The monoisotopic (exact) mass is 234 g/mol. The number of carbonyl (C=O) groups excluding carboxylic acids is 1. The Balaban J connectivity index is 1.63. The van der Waals surface area contributed by atoms with Crippen molar-refractivity contribution in [3.63, 3.8) is 0 Å². The minimum atomic E-state index is 0.0645. The van der Waals surface area contributed by atoms with Crippen LogP contribution in [0, 0.1) is 0 Å². The van der Waals surface area contributed by atoms with Gasteiger partial charge in [-0.05, 0) is 25.1 Å². The highest BCUT2D eigenvalue weighted by atomic mass is 16.5. The molecule has 0 radical (unpaired) electrons. The standard InChI is InChI=1S/C13H18N2O2/c16-13(15-11-6-8-14-10-11)7-9-17-12-4-2-1-3-5-12/h1-5,11,14H,6-10H2,(H,15,16)/t11-/m1/s1. The molecule has 0 aromatic heterocycles. The Bertz CT molecular complexity index is 348. The van der Waals surface area contributed by atoms with Crippen LogP contribution in [-0.2, 0) is 4.79 Å². The molecule has 0 saturated carbocycles. The molecule has 17 heavy (non-hydrogen) atoms. The van der Waals surface area contributed by atoms with Crippen LogP contribution in [0.3, 0.4) is 0 Å². The van der Waals surface area contributed by atoms with Gasteiger partial charge < -0.3 is 15.4 Å². The zero-order valence-electron chi connectivity index (χ0n) is 9.82. The Morgan fingerprint density at radius 2 is 2.24 bits per heavy atom. The second-order valence-electron chi connectivity index (χ2n) is 4.17. The van der Waals surface area contributed by atoms with E-state index in [-0.39, 0.29) is 5.91 Å². The number of nitrogens with one attached hydrogen (secondary N) is 2. The van der Waals surface area contributed by atoms with Crippen molar-refractivity contribution in [1.82, 2.24) is 10.6 Å². The van der Waals surface area contributed by atoms with Crippen molar-refractivity contribution in [3.05, 3.63) is 30.3 Å². The van der Waals surface area contributed by atoms with Gasteiger partial charge in [0.25, 0.3) is 0 Å². The third-order valence-corrected chi connectivity index (χ3v) is 2.77. The molecule has 0 bridgehead atoms. The Hall–Kier alpha value is -1.55. The highest BCUT2D eigenvalue weighted by Crippen LogP contribution is 2.08. The van der Waals surface area contributed by atoms with Crippen molar-refractivity contribution in [3.8, 4) is 5.75 Å². The SMILES string of the molecule is O=C(CCOc1ccccc1)N[C@@H]1CCNC1. The molecular weight excluding hydrogens is 216 g/mol. The van der Waals surface area contributed by atoms with Crippen LogP contribution < -0.4 is 15.4 Å². The average Bonchev–Trinajstić information content (AvgIpc) is 2.83. The van der Waals surface area contributed by atoms with E-state index >= 15 is 0 Å². The van der Waals surface area contributed by atoms with E-state index in [0.717, 1.165) is 25.3 Å². The van der Waals surface area contributed by atoms with Crippen LogP contribution in [0.25, 0.3) is 0 Å². The molecule has 1 heterocycles. The van der Waals surface area contributed by atoms with Gasteiger partial charge in [-0.2, -0.15) is 0 Å². The van der Waals surface area contributed by atoms with Crippen LogP contribution >= 0.6 is 0 Å². The van der Waals surface area contributed by atoms with E-state index in [9.17, 15) is 4.79 Å². The zero-order chi connectivity index (χ0) is 11.9. The highest BCUT2D eigenvalue weighted by molar-refractivity contribution is 5.76. The molecule has 1 aliphatic heterocycles. The zero-order valence-corrected chi connectivity index (χ0v) is 9.82. The molecule has 0 unspecified atom stereocenters. The van der Waals surface area contributed by atoms with Crippen molar-refractivity contribution in [2.45, 2.75) is 18.9 Å². The number of ether oxygens (including phenoxy) is 1. The van der Waals surface area contributed by atoms with Gasteiger partial charge in [-0.3, -0.25) is 4.79 Å². The summed E-state index contributed by atoms with van der Waals surface area (Å²) in [6, 6.07) is 9.84. The van der Waals surface area contributed by atoms with Gasteiger partial charge in [0.05, 0.1) is 13.0 Å². The number of carbonyl (C=O) groups is 1. The van der Waals surface area contributed by atoms with Crippen molar-refractivity contribution < 1.29 is 9.53 Å². The third-order valence-electron chi connectivity index (χ3n) is 2.77. The van der Waals surface area contributed by atoms with Gasteiger partial charge in [-0.15, -0.1) is 0 Å². The molecule has 1 amide bonds. The van der Waals surface area contributed by atoms with Crippen LogP contribution in [0.5, 0.6) is 5.75 Å². The van der Waals surface area contributed by atoms with E-state index in [4.69, 9.17) is 4.74 Å². The molecule has 2 rings (SSSR count). The molecule has 1 fully saturated rings. The summed E-state index contributed by atoms with van der Waals surface area (Å²) in [6.45, 7) is 2.30. The molecular formula is C13H18N2O2. The Kier molecular flexibility index (Phi) is 4.38. The third kappa shape index (κ3) is 4.07. The summed E-state index contributed by atoms with van der Waals surface area (Å²) in [5.74, 6) is 0.873. The van der Waals surface area contributed by atoms with Crippen LogP contribution in [0.1, 0.15) is 12.8 Å². The van der Waals surface area contributed by atoms with Gasteiger partial charge in [-0.25, -0.2) is 0 Å². The molecule has 4 nitrogen and oxygen atoms in total. The fourth-order valence-electron chi connectivity index (χ4n) is 1.86. The number of amides is 1. The van der Waals surface area contributed by atoms with Crippen LogP contribution in [0.4, 0.5) is 0 Å². The first kappa shape index (κ1) is 11.9.